The van der Waals surface area contributed by atoms with E-state index in [1.807, 2.05) is 24.5 Å². The highest BCUT2D eigenvalue weighted by Crippen LogP contribution is 2.52. The van der Waals surface area contributed by atoms with Crippen LogP contribution in [0.4, 0.5) is 4.39 Å². The van der Waals surface area contributed by atoms with Crippen LogP contribution >= 0.6 is 11.8 Å². The van der Waals surface area contributed by atoms with Gasteiger partial charge in [-0.25, -0.2) is 4.39 Å². The minimum Gasteiger partial charge on any atom is -0.378 e. The van der Waals surface area contributed by atoms with E-state index in [1.54, 1.807) is 7.11 Å². The van der Waals surface area contributed by atoms with Crippen molar-refractivity contribution in [3.8, 4) is 0 Å². The number of nitrogens with zero attached hydrogens (tertiary/aromatic N) is 1. The first kappa shape index (κ1) is 21.3. The maximum absolute atomic E-state index is 13.2. The quantitative estimate of drug-likeness (QED) is 0.758. The molecule has 0 saturated carbocycles. The third kappa shape index (κ3) is 4.01. The Hall–Kier alpha value is -1.89. The fourth-order valence-electron chi connectivity index (χ4n) is 5.23. The second-order valence-electron chi connectivity index (χ2n) is 8.28. The summed E-state index contributed by atoms with van der Waals surface area (Å²) in [7, 11) is 1.76. The third-order valence-electron chi connectivity index (χ3n) is 6.59. The molecule has 2 aliphatic rings. The Morgan fingerprint density at radius 3 is 2.57 bits per heavy atom. The summed E-state index contributed by atoms with van der Waals surface area (Å²) in [5.74, 6) is 0.305. The summed E-state index contributed by atoms with van der Waals surface area (Å²) in [6.07, 6.45) is 3.81. The smallest absolute Gasteiger partial charge is 0.230 e. The average molecular weight is 429 g/mol. The number of carbonyl (C=O) groups excluding carboxylic acids is 1. The van der Waals surface area contributed by atoms with Crippen LogP contribution in [-0.2, 0) is 21.5 Å². The maximum Gasteiger partial charge on any atom is 0.230 e. The first-order valence-electron chi connectivity index (χ1n) is 10.4. The zero-order chi connectivity index (χ0) is 21.1. The van der Waals surface area contributed by atoms with Gasteiger partial charge in [0.2, 0.25) is 5.91 Å². The summed E-state index contributed by atoms with van der Waals surface area (Å²) < 4.78 is 19.3. The summed E-state index contributed by atoms with van der Waals surface area (Å²) in [6.45, 7) is 2.71. The molecule has 1 heterocycles. The highest BCUT2D eigenvalue weighted by molar-refractivity contribution is 7.99. The largest absolute Gasteiger partial charge is 0.378 e. The molecule has 0 bridgehead atoms. The highest BCUT2D eigenvalue weighted by Gasteiger charge is 2.53. The fraction of sp³-hybridized carbons (Fsp3) is 0.458. The minimum absolute atomic E-state index is 0.0511. The summed E-state index contributed by atoms with van der Waals surface area (Å²) in [5, 5.41) is 3.23. The zero-order valence-electron chi connectivity index (χ0n) is 17.6. The molecule has 6 heteroatoms. The molecule has 2 aromatic rings. The number of nitrogens with one attached hydrogen (secondary N) is 1. The Morgan fingerprint density at radius 1 is 1.20 bits per heavy atom. The van der Waals surface area contributed by atoms with Crippen LogP contribution < -0.4 is 5.32 Å². The van der Waals surface area contributed by atoms with Crippen molar-refractivity contribution in [1.82, 2.24) is 10.2 Å². The van der Waals surface area contributed by atoms with Crippen LogP contribution in [0, 0.1) is 5.82 Å². The average Bonchev–Trinajstić information content (AvgIpc) is 3.00. The number of thioether (sulfide) groups is 1. The monoisotopic (exact) mass is 428 g/mol. The molecular weight excluding hydrogens is 399 g/mol. The number of methoxy groups -OCH3 is 1. The summed E-state index contributed by atoms with van der Waals surface area (Å²) >= 11 is 1.53. The van der Waals surface area contributed by atoms with Crippen molar-refractivity contribution < 1.29 is 13.9 Å². The second-order valence-corrected chi connectivity index (χ2v) is 9.15. The number of amides is 1. The van der Waals surface area contributed by atoms with Gasteiger partial charge in [-0.1, -0.05) is 36.4 Å². The molecule has 1 spiro atoms. The van der Waals surface area contributed by atoms with Crippen LogP contribution in [0.25, 0.3) is 0 Å². The van der Waals surface area contributed by atoms with Gasteiger partial charge in [0.05, 0.1) is 17.9 Å². The van der Waals surface area contributed by atoms with E-state index in [9.17, 15) is 9.18 Å². The number of fused-ring (bicyclic) bond motifs is 2. The van der Waals surface area contributed by atoms with E-state index < -0.39 is 0 Å². The normalized spacial score (nSPS) is 22.8. The van der Waals surface area contributed by atoms with Crippen molar-refractivity contribution in [2.24, 2.45) is 0 Å². The molecule has 4 rings (SSSR count). The molecule has 2 atom stereocenters. The maximum atomic E-state index is 13.2. The molecule has 1 aliphatic heterocycles. The van der Waals surface area contributed by atoms with Gasteiger partial charge in [0.1, 0.15) is 5.82 Å². The van der Waals surface area contributed by atoms with Gasteiger partial charge in [-0.2, -0.15) is 11.8 Å². The molecule has 30 heavy (non-hydrogen) atoms. The molecule has 1 N–H and O–H groups in total. The molecule has 4 nitrogen and oxygen atoms in total. The predicted molar refractivity (Wildman–Crippen MR) is 119 cm³/mol. The van der Waals surface area contributed by atoms with Gasteiger partial charge in [0.15, 0.2) is 0 Å². The van der Waals surface area contributed by atoms with E-state index in [4.69, 9.17) is 4.74 Å². The number of piperidine rings is 1. The van der Waals surface area contributed by atoms with E-state index >= 15 is 0 Å². The zero-order valence-corrected chi connectivity index (χ0v) is 18.4. The van der Waals surface area contributed by atoms with Gasteiger partial charge >= 0.3 is 0 Å². The summed E-state index contributed by atoms with van der Waals surface area (Å²) in [4.78, 5) is 14.8. The SMILES string of the molecule is CO[C@H]1[C@H](NC(=O)CSC)c2ccccc2C12CCN(Cc1ccc(F)cc1)CC2. The molecule has 2 aromatic carbocycles. The number of halogens is 1. The lowest BCUT2D eigenvalue weighted by Gasteiger charge is -2.44. The lowest BCUT2D eigenvalue weighted by atomic mass is 9.72. The highest BCUT2D eigenvalue weighted by atomic mass is 32.2. The van der Waals surface area contributed by atoms with Gasteiger partial charge < -0.3 is 10.1 Å². The Kier molecular flexibility index (Phi) is 6.46. The van der Waals surface area contributed by atoms with Crippen molar-refractivity contribution in [3.05, 3.63) is 71.0 Å². The number of hydrogen-bond acceptors (Lipinski definition) is 4. The standard InChI is InChI=1S/C24H29FN2O2S/c1-29-23-22(26-21(28)16-30-2)19-5-3-4-6-20(19)24(23)11-13-27(14-12-24)15-17-7-9-18(25)10-8-17/h3-10,22-23H,11-16H2,1-2H3,(H,26,28)/t22-,23+/m1/s1. The third-order valence-corrected chi connectivity index (χ3v) is 7.14. The van der Waals surface area contributed by atoms with E-state index in [0.717, 1.165) is 38.0 Å². The first-order valence-corrected chi connectivity index (χ1v) is 11.8. The molecule has 1 aliphatic carbocycles. The minimum atomic E-state index is -0.198. The summed E-state index contributed by atoms with van der Waals surface area (Å²) in [5.41, 5.74) is 3.53. The number of ether oxygens (including phenoxy) is 1. The van der Waals surface area contributed by atoms with Gasteiger partial charge in [-0.3, -0.25) is 9.69 Å². The number of rotatable bonds is 6. The van der Waals surface area contributed by atoms with Crippen LogP contribution in [0.3, 0.4) is 0 Å². The lowest BCUT2D eigenvalue weighted by molar-refractivity contribution is -0.121. The van der Waals surface area contributed by atoms with Crippen LogP contribution in [0.2, 0.25) is 0 Å². The predicted octanol–water partition coefficient (Wildman–Crippen LogP) is 3.91. The second kappa shape index (κ2) is 9.08. The molecule has 160 valence electrons. The van der Waals surface area contributed by atoms with Crippen LogP contribution in [0.5, 0.6) is 0 Å². The molecule has 1 amide bonds. The molecule has 0 aromatic heterocycles. The number of carbonyl (C=O) groups is 1. The van der Waals surface area contributed by atoms with Gasteiger partial charge in [-0.05, 0) is 61.0 Å². The Balaban J connectivity index is 1.54. The fourth-order valence-corrected chi connectivity index (χ4v) is 5.58. The lowest BCUT2D eigenvalue weighted by Crippen LogP contribution is -2.50. The van der Waals surface area contributed by atoms with Crippen molar-refractivity contribution in [1.29, 1.82) is 0 Å². The van der Waals surface area contributed by atoms with Crippen LogP contribution in [0.1, 0.15) is 35.6 Å². The Bertz CT molecular complexity index is 881. The van der Waals surface area contributed by atoms with E-state index in [1.165, 1.54) is 35.0 Å². The van der Waals surface area contributed by atoms with Crippen LogP contribution in [0.15, 0.2) is 48.5 Å². The van der Waals surface area contributed by atoms with Crippen molar-refractivity contribution in [2.75, 3.05) is 32.2 Å². The Labute approximate surface area is 182 Å². The number of benzene rings is 2. The topological polar surface area (TPSA) is 41.6 Å². The van der Waals surface area contributed by atoms with E-state index in [0.29, 0.717) is 5.75 Å². The van der Waals surface area contributed by atoms with E-state index in [2.05, 4.69) is 28.4 Å². The Morgan fingerprint density at radius 2 is 1.90 bits per heavy atom. The number of likely N-dealkylation sites (tertiary alicyclic amines) is 1. The van der Waals surface area contributed by atoms with Crippen LogP contribution in [-0.4, -0.2) is 49.1 Å². The van der Waals surface area contributed by atoms with Crippen molar-refractivity contribution in [2.45, 2.75) is 36.9 Å². The van der Waals surface area contributed by atoms with Gasteiger partial charge in [0.25, 0.3) is 0 Å². The van der Waals surface area contributed by atoms with Gasteiger partial charge in [-0.15, -0.1) is 0 Å². The first-order chi connectivity index (χ1) is 14.6. The molecule has 0 radical (unpaired) electrons. The van der Waals surface area contributed by atoms with Crippen molar-refractivity contribution in [3.63, 3.8) is 0 Å². The van der Waals surface area contributed by atoms with Crippen molar-refractivity contribution >= 4 is 17.7 Å². The molecule has 0 unspecified atom stereocenters. The summed E-state index contributed by atoms with van der Waals surface area (Å²) in [6, 6.07) is 15.1. The molecular formula is C24H29FN2O2S. The molecule has 1 fully saturated rings. The molecule has 1 saturated heterocycles. The van der Waals surface area contributed by atoms with E-state index in [-0.39, 0.29) is 29.3 Å². The van der Waals surface area contributed by atoms with Gasteiger partial charge in [0, 0.05) is 19.1 Å². The number of hydrogen-bond donors (Lipinski definition) is 1.